The summed E-state index contributed by atoms with van der Waals surface area (Å²) in [5, 5.41) is 11.7. The lowest BCUT2D eigenvalue weighted by Gasteiger charge is -1.97. The summed E-state index contributed by atoms with van der Waals surface area (Å²) < 4.78 is 0. The van der Waals surface area contributed by atoms with E-state index in [0.717, 1.165) is 17.8 Å². The molecule has 0 saturated heterocycles. The van der Waals surface area contributed by atoms with Gasteiger partial charge in [-0.3, -0.25) is 4.79 Å². The molecule has 2 N–H and O–H groups in total. The molecule has 1 aromatic rings. The fraction of sp³-hybridized carbons (Fsp3) is 0.444. The Labute approximate surface area is 91.1 Å². The van der Waals surface area contributed by atoms with Crippen LogP contribution in [0.25, 0.3) is 0 Å². The minimum absolute atomic E-state index is 0.136. The van der Waals surface area contributed by atoms with Gasteiger partial charge < -0.3 is 10.4 Å². The summed E-state index contributed by atoms with van der Waals surface area (Å²) in [6, 6.07) is 0. The van der Waals surface area contributed by atoms with Crippen molar-refractivity contribution in [2.24, 2.45) is 0 Å². The van der Waals surface area contributed by atoms with E-state index in [-0.39, 0.29) is 10.8 Å². The van der Waals surface area contributed by atoms with E-state index in [9.17, 15) is 9.59 Å². The van der Waals surface area contributed by atoms with Gasteiger partial charge in [0.2, 0.25) is 5.91 Å². The number of aromatic nitrogens is 1. The second kappa shape index (κ2) is 4.88. The molecule has 0 aliphatic rings. The Bertz CT molecular complexity index is 387. The molecule has 5 nitrogen and oxygen atoms in total. The van der Waals surface area contributed by atoms with Crippen LogP contribution in [0.15, 0.2) is 0 Å². The van der Waals surface area contributed by atoms with Gasteiger partial charge in [-0.25, -0.2) is 9.78 Å². The van der Waals surface area contributed by atoms with E-state index in [4.69, 9.17) is 5.11 Å². The molecule has 1 rings (SSSR count). The van der Waals surface area contributed by atoms with Crippen molar-refractivity contribution < 1.29 is 14.7 Å². The Kier molecular flexibility index (Phi) is 3.79. The number of nitrogens with zero attached hydrogens (tertiary/aromatic N) is 1. The third-order valence-electron chi connectivity index (χ3n) is 1.71. The number of hydrogen-bond donors (Lipinski definition) is 2. The second-order valence-electron chi connectivity index (χ2n) is 3.04. The van der Waals surface area contributed by atoms with E-state index in [1.807, 2.05) is 6.92 Å². The van der Waals surface area contributed by atoms with Crippen molar-refractivity contribution in [1.29, 1.82) is 0 Å². The summed E-state index contributed by atoms with van der Waals surface area (Å²) in [5.41, 5.74) is 0.430. The number of aromatic carboxylic acids is 1. The number of carbonyl (C=O) groups is 2. The number of carboxylic acid groups (broad SMARTS) is 1. The van der Waals surface area contributed by atoms with E-state index in [2.05, 4.69) is 10.3 Å². The largest absolute Gasteiger partial charge is 0.477 e. The lowest BCUT2D eigenvalue weighted by Crippen LogP contribution is -2.10. The van der Waals surface area contributed by atoms with Gasteiger partial charge in [0.05, 0.1) is 5.69 Å². The molecular weight excluding hydrogens is 216 g/mol. The minimum Gasteiger partial charge on any atom is -0.477 e. The van der Waals surface area contributed by atoms with Gasteiger partial charge in [-0.15, -0.1) is 0 Å². The fourth-order valence-electron chi connectivity index (χ4n) is 1.06. The van der Waals surface area contributed by atoms with Crippen molar-refractivity contribution in [2.45, 2.75) is 26.7 Å². The molecule has 0 aliphatic carbocycles. The molecule has 1 aromatic heterocycles. The van der Waals surface area contributed by atoms with Crippen LogP contribution in [-0.4, -0.2) is 22.0 Å². The minimum atomic E-state index is -1.01. The SMILES string of the molecule is CCCC(=O)Nc1nc(C)c(C(=O)O)s1. The molecule has 1 amide bonds. The van der Waals surface area contributed by atoms with Crippen molar-refractivity contribution in [3.05, 3.63) is 10.6 Å². The summed E-state index contributed by atoms with van der Waals surface area (Å²) >= 11 is 0.979. The quantitative estimate of drug-likeness (QED) is 0.824. The van der Waals surface area contributed by atoms with Crippen LogP contribution in [0.3, 0.4) is 0 Å². The third kappa shape index (κ3) is 3.02. The third-order valence-corrected chi connectivity index (χ3v) is 2.78. The summed E-state index contributed by atoms with van der Waals surface area (Å²) in [6.45, 7) is 3.50. The maximum absolute atomic E-state index is 11.2. The first-order valence-electron chi connectivity index (χ1n) is 4.55. The molecule has 0 bridgehead atoms. The van der Waals surface area contributed by atoms with E-state index >= 15 is 0 Å². The number of nitrogens with one attached hydrogen (secondary N) is 1. The Balaban J connectivity index is 2.75. The molecule has 15 heavy (non-hydrogen) atoms. The highest BCUT2D eigenvalue weighted by Crippen LogP contribution is 2.22. The molecule has 1 heterocycles. The Morgan fingerprint density at radius 2 is 2.20 bits per heavy atom. The average Bonchev–Trinajstić information content (AvgIpc) is 2.47. The van der Waals surface area contributed by atoms with Gasteiger partial charge in [0, 0.05) is 6.42 Å². The predicted octanol–water partition coefficient (Wildman–Crippen LogP) is 1.89. The van der Waals surface area contributed by atoms with Gasteiger partial charge in [-0.2, -0.15) is 0 Å². The van der Waals surface area contributed by atoms with Crippen molar-refractivity contribution in [2.75, 3.05) is 5.32 Å². The van der Waals surface area contributed by atoms with E-state index in [1.165, 1.54) is 0 Å². The predicted molar refractivity (Wildman–Crippen MR) is 57.3 cm³/mol. The number of amides is 1. The molecule has 0 aliphatic heterocycles. The van der Waals surface area contributed by atoms with Crippen molar-refractivity contribution in [3.8, 4) is 0 Å². The monoisotopic (exact) mass is 228 g/mol. The molecule has 0 radical (unpaired) electrons. The lowest BCUT2D eigenvalue weighted by molar-refractivity contribution is -0.116. The molecular formula is C9H12N2O3S. The molecule has 0 saturated carbocycles. The number of carbonyl (C=O) groups excluding carboxylic acids is 1. The van der Waals surface area contributed by atoms with Gasteiger partial charge in [0.1, 0.15) is 4.88 Å². The van der Waals surface area contributed by atoms with Gasteiger partial charge in [0.15, 0.2) is 5.13 Å². The number of aryl methyl sites for hydroxylation is 1. The Morgan fingerprint density at radius 1 is 1.53 bits per heavy atom. The number of rotatable bonds is 4. The van der Waals surface area contributed by atoms with Gasteiger partial charge >= 0.3 is 5.97 Å². The summed E-state index contributed by atoms with van der Waals surface area (Å²) in [7, 11) is 0. The van der Waals surface area contributed by atoms with Gasteiger partial charge in [-0.05, 0) is 13.3 Å². The highest BCUT2D eigenvalue weighted by molar-refractivity contribution is 7.17. The molecule has 6 heteroatoms. The van der Waals surface area contributed by atoms with Crippen molar-refractivity contribution in [3.63, 3.8) is 0 Å². The summed E-state index contributed by atoms with van der Waals surface area (Å²) in [6.07, 6.45) is 1.17. The maximum atomic E-state index is 11.2. The number of carboxylic acids is 1. The van der Waals surface area contributed by atoms with Gasteiger partial charge in [0.25, 0.3) is 0 Å². The first kappa shape index (κ1) is 11.6. The summed E-state index contributed by atoms with van der Waals surface area (Å²) in [5.74, 6) is -1.15. The number of thiazole rings is 1. The highest BCUT2D eigenvalue weighted by atomic mass is 32.1. The average molecular weight is 228 g/mol. The first-order valence-corrected chi connectivity index (χ1v) is 5.36. The van der Waals surface area contributed by atoms with Crippen LogP contribution in [0.4, 0.5) is 5.13 Å². The maximum Gasteiger partial charge on any atom is 0.347 e. The van der Waals surface area contributed by atoms with E-state index in [1.54, 1.807) is 6.92 Å². The Morgan fingerprint density at radius 3 is 2.67 bits per heavy atom. The smallest absolute Gasteiger partial charge is 0.347 e. The van der Waals surface area contributed by atoms with Gasteiger partial charge in [-0.1, -0.05) is 18.3 Å². The van der Waals surface area contributed by atoms with Crippen LogP contribution in [0.1, 0.15) is 35.1 Å². The Hall–Kier alpha value is -1.43. The van der Waals surface area contributed by atoms with Crippen LogP contribution in [0, 0.1) is 6.92 Å². The van der Waals surface area contributed by atoms with Crippen LogP contribution in [0.2, 0.25) is 0 Å². The zero-order valence-corrected chi connectivity index (χ0v) is 9.35. The van der Waals surface area contributed by atoms with Crippen LogP contribution < -0.4 is 5.32 Å². The lowest BCUT2D eigenvalue weighted by atomic mass is 10.3. The van der Waals surface area contributed by atoms with Crippen molar-refractivity contribution in [1.82, 2.24) is 4.98 Å². The standard InChI is InChI=1S/C9H12N2O3S/c1-3-4-6(12)11-9-10-5(2)7(15-9)8(13)14/h3-4H2,1-2H3,(H,13,14)(H,10,11,12). The number of hydrogen-bond acceptors (Lipinski definition) is 4. The molecule has 0 aromatic carbocycles. The topological polar surface area (TPSA) is 79.3 Å². The highest BCUT2D eigenvalue weighted by Gasteiger charge is 2.14. The molecule has 0 spiro atoms. The van der Waals surface area contributed by atoms with E-state index < -0.39 is 5.97 Å². The van der Waals surface area contributed by atoms with Crippen LogP contribution in [-0.2, 0) is 4.79 Å². The molecule has 0 unspecified atom stereocenters. The summed E-state index contributed by atoms with van der Waals surface area (Å²) in [4.78, 5) is 26.0. The van der Waals surface area contributed by atoms with E-state index in [0.29, 0.717) is 17.2 Å². The first-order chi connectivity index (χ1) is 7.04. The molecule has 0 atom stereocenters. The van der Waals surface area contributed by atoms with Crippen molar-refractivity contribution >= 4 is 28.3 Å². The molecule has 82 valence electrons. The molecule has 0 fully saturated rings. The zero-order chi connectivity index (χ0) is 11.4. The van der Waals surface area contributed by atoms with Crippen LogP contribution in [0.5, 0.6) is 0 Å². The number of anilines is 1. The normalized spacial score (nSPS) is 10.0. The zero-order valence-electron chi connectivity index (χ0n) is 8.53. The fourth-order valence-corrected chi connectivity index (χ4v) is 1.88. The second-order valence-corrected chi connectivity index (χ2v) is 4.04. The van der Waals surface area contributed by atoms with Crippen LogP contribution >= 0.6 is 11.3 Å².